The Hall–Kier alpha value is -4.11. The van der Waals surface area contributed by atoms with Gasteiger partial charge in [-0.1, -0.05) is 48.5 Å². The Morgan fingerprint density at radius 2 is 1.74 bits per heavy atom. The van der Waals surface area contributed by atoms with E-state index in [9.17, 15) is 9.59 Å². The Morgan fingerprint density at radius 3 is 2.45 bits per heavy atom. The summed E-state index contributed by atoms with van der Waals surface area (Å²) in [6.07, 6.45) is 1.70. The lowest BCUT2D eigenvalue weighted by Gasteiger charge is -2.17. The van der Waals surface area contributed by atoms with Crippen LogP contribution in [-0.2, 0) is 9.53 Å². The highest BCUT2D eigenvalue weighted by Gasteiger charge is 2.16. The van der Waals surface area contributed by atoms with Gasteiger partial charge in [-0.2, -0.15) is 5.26 Å². The largest absolute Gasteiger partial charge is 0.488 e. The minimum atomic E-state index is -0.431. The van der Waals surface area contributed by atoms with Crippen LogP contribution in [0.5, 0.6) is 5.75 Å². The summed E-state index contributed by atoms with van der Waals surface area (Å²) >= 11 is 0. The molecule has 156 valence electrons. The second-order valence-electron chi connectivity index (χ2n) is 6.87. The van der Waals surface area contributed by atoms with Crippen LogP contribution in [0.4, 0.5) is 0 Å². The number of esters is 1. The van der Waals surface area contributed by atoms with Crippen LogP contribution < -0.4 is 4.74 Å². The fourth-order valence-electron chi connectivity index (χ4n) is 3.10. The third kappa shape index (κ3) is 5.28. The average Bonchev–Trinajstić information content (AvgIpc) is 2.81. The Labute approximate surface area is 180 Å². The Bertz CT molecular complexity index is 1150. The molecule has 0 spiro atoms. The molecule has 0 aliphatic heterocycles. The van der Waals surface area contributed by atoms with Crippen LogP contribution >= 0.6 is 0 Å². The molecule has 0 aliphatic rings. The lowest BCUT2D eigenvalue weighted by Crippen LogP contribution is -2.30. The van der Waals surface area contributed by atoms with Gasteiger partial charge in [-0.05, 0) is 35.2 Å². The third-order valence-corrected chi connectivity index (χ3v) is 4.73. The highest BCUT2D eigenvalue weighted by molar-refractivity contribution is 5.98. The number of carbonyl (C=O) groups excluding carboxylic acids is 2. The fourth-order valence-corrected chi connectivity index (χ4v) is 3.10. The molecule has 6 heteroatoms. The van der Waals surface area contributed by atoms with Gasteiger partial charge >= 0.3 is 5.97 Å². The standard InChI is InChI=1S/C25H22N2O4/c1-27(15-14-26)24(28)21(16-18-10-12-20(13-11-18)25(29)30-2)17-31-23-9-5-7-19-6-3-4-8-22(19)23/h3-13,16H,15,17H2,1-2H3. The molecule has 0 saturated carbocycles. The molecule has 0 fully saturated rings. The van der Waals surface area contributed by atoms with Gasteiger partial charge in [0.25, 0.3) is 5.91 Å². The number of rotatable bonds is 7. The van der Waals surface area contributed by atoms with Crippen molar-refractivity contribution in [3.63, 3.8) is 0 Å². The molecule has 0 heterocycles. The SMILES string of the molecule is COC(=O)c1ccc(C=C(COc2cccc3ccccc23)C(=O)N(C)CC#N)cc1. The summed E-state index contributed by atoms with van der Waals surface area (Å²) < 4.78 is 10.7. The van der Waals surface area contributed by atoms with Crippen molar-refractivity contribution in [3.8, 4) is 11.8 Å². The first-order chi connectivity index (χ1) is 15.0. The first-order valence-corrected chi connectivity index (χ1v) is 9.65. The highest BCUT2D eigenvalue weighted by atomic mass is 16.5. The third-order valence-electron chi connectivity index (χ3n) is 4.73. The zero-order chi connectivity index (χ0) is 22.2. The van der Waals surface area contributed by atoms with Crippen molar-refractivity contribution in [2.75, 3.05) is 27.3 Å². The van der Waals surface area contributed by atoms with E-state index in [1.807, 2.05) is 48.5 Å². The van der Waals surface area contributed by atoms with Gasteiger partial charge in [0.2, 0.25) is 0 Å². The normalized spacial score (nSPS) is 10.9. The molecule has 0 bridgehead atoms. The number of ether oxygens (including phenoxy) is 2. The summed E-state index contributed by atoms with van der Waals surface area (Å²) in [5, 5.41) is 10.9. The van der Waals surface area contributed by atoms with Crippen LogP contribution in [-0.4, -0.2) is 44.1 Å². The van der Waals surface area contributed by atoms with E-state index in [0.717, 1.165) is 16.3 Å². The molecule has 0 aromatic heterocycles. The molecule has 3 aromatic carbocycles. The smallest absolute Gasteiger partial charge is 0.337 e. The zero-order valence-corrected chi connectivity index (χ0v) is 17.4. The molecular weight excluding hydrogens is 392 g/mol. The van der Waals surface area contributed by atoms with E-state index in [1.165, 1.54) is 12.0 Å². The van der Waals surface area contributed by atoms with Crippen molar-refractivity contribution in [1.82, 2.24) is 4.90 Å². The van der Waals surface area contributed by atoms with E-state index in [2.05, 4.69) is 0 Å². The molecule has 3 aromatic rings. The summed E-state index contributed by atoms with van der Waals surface area (Å²) in [4.78, 5) is 25.9. The summed E-state index contributed by atoms with van der Waals surface area (Å²) in [6, 6.07) is 22.3. The van der Waals surface area contributed by atoms with E-state index >= 15 is 0 Å². The van der Waals surface area contributed by atoms with Crippen LogP contribution in [0.2, 0.25) is 0 Å². The van der Waals surface area contributed by atoms with Crippen molar-refractivity contribution in [2.45, 2.75) is 0 Å². The van der Waals surface area contributed by atoms with Gasteiger partial charge in [0, 0.05) is 12.4 Å². The van der Waals surface area contributed by atoms with Crippen molar-refractivity contribution in [1.29, 1.82) is 5.26 Å². The number of carbonyl (C=O) groups is 2. The minimum absolute atomic E-state index is 0.0291. The van der Waals surface area contributed by atoms with Crippen LogP contribution in [0, 0.1) is 11.3 Å². The van der Waals surface area contributed by atoms with Gasteiger partial charge in [-0.15, -0.1) is 0 Å². The van der Waals surface area contributed by atoms with Crippen molar-refractivity contribution in [2.24, 2.45) is 0 Å². The molecule has 0 unspecified atom stereocenters. The summed E-state index contributed by atoms with van der Waals surface area (Å²) in [5.74, 6) is -0.0699. The number of fused-ring (bicyclic) bond motifs is 1. The number of methoxy groups -OCH3 is 1. The highest BCUT2D eigenvalue weighted by Crippen LogP contribution is 2.26. The topological polar surface area (TPSA) is 79.6 Å². The second-order valence-corrected chi connectivity index (χ2v) is 6.87. The zero-order valence-electron chi connectivity index (χ0n) is 17.4. The second kappa shape index (κ2) is 10.1. The van der Waals surface area contributed by atoms with Crippen molar-refractivity contribution in [3.05, 3.63) is 83.4 Å². The first kappa shape index (κ1) is 21.6. The predicted molar refractivity (Wildman–Crippen MR) is 118 cm³/mol. The van der Waals surface area contributed by atoms with E-state index < -0.39 is 5.97 Å². The fraction of sp³-hybridized carbons (Fsp3) is 0.160. The number of hydrogen-bond donors (Lipinski definition) is 0. The molecule has 3 rings (SSSR count). The van der Waals surface area contributed by atoms with E-state index in [-0.39, 0.29) is 19.1 Å². The quantitative estimate of drug-likeness (QED) is 0.331. The Morgan fingerprint density at radius 1 is 1.03 bits per heavy atom. The van der Waals surface area contributed by atoms with E-state index in [4.69, 9.17) is 14.7 Å². The maximum atomic E-state index is 12.9. The maximum Gasteiger partial charge on any atom is 0.337 e. The number of hydrogen-bond acceptors (Lipinski definition) is 5. The molecule has 0 atom stereocenters. The number of likely N-dealkylation sites (N-methyl/N-ethyl adjacent to an activating group) is 1. The van der Waals surface area contributed by atoms with Gasteiger partial charge in [0.15, 0.2) is 0 Å². The predicted octanol–water partition coefficient (Wildman–Crippen LogP) is 4.07. The maximum absolute atomic E-state index is 12.9. The summed E-state index contributed by atoms with van der Waals surface area (Å²) in [6.45, 7) is -0.00686. The Balaban J connectivity index is 1.89. The van der Waals surface area contributed by atoms with E-state index in [0.29, 0.717) is 16.9 Å². The van der Waals surface area contributed by atoms with Crippen LogP contribution in [0.15, 0.2) is 72.3 Å². The lowest BCUT2D eigenvalue weighted by molar-refractivity contribution is -0.125. The van der Waals surface area contributed by atoms with Crippen LogP contribution in [0.25, 0.3) is 16.8 Å². The van der Waals surface area contributed by atoms with E-state index in [1.54, 1.807) is 37.4 Å². The molecule has 31 heavy (non-hydrogen) atoms. The van der Waals surface area contributed by atoms with Crippen molar-refractivity contribution < 1.29 is 19.1 Å². The van der Waals surface area contributed by atoms with Gasteiger partial charge in [0.05, 0.1) is 24.3 Å². The number of nitrogens with zero attached hydrogens (tertiary/aromatic N) is 2. The average molecular weight is 414 g/mol. The molecule has 6 nitrogen and oxygen atoms in total. The van der Waals surface area contributed by atoms with Crippen LogP contribution in [0.3, 0.4) is 0 Å². The molecular formula is C25H22N2O4. The summed E-state index contributed by atoms with van der Waals surface area (Å²) in [7, 11) is 2.89. The number of nitriles is 1. The van der Waals surface area contributed by atoms with Gasteiger partial charge in [-0.25, -0.2) is 4.79 Å². The molecule has 0 saturated heterocycles. The minimum Gasteiger partial charge on any atom is -0.488 e. The first-order valence-electron chi connectivity index (χ1n) is 9.65. The monoisotopic (exact) mass is 414 g/mol. The summed E-state index contributed by atoms with van der Waals surface area (Å²) in [5.41, 5.74) is 1.53. The number of benzene rings is 3. The van der Waals surface area contributed by atoms with Gasteiger partial charge in [0.1, 0.15) is 18.9 Å². The molecule has 1 amide bonds. The molecule has 0 N–H and O–H groups in total. The lowest BCUT2D eigenvalue weighted by atomic mass is 10.1. The number of amides is 1. The van der Waals surface area contributed by atoms with Crippen LogP contribution in [0.1, 0.15) is 15.9 Å². The van der Waals surface area contributed by atoms with Gasteiger partial charge < -0.3 is 14.4 Å². The Kier molecular flexibility index (Phi) is 7.02. The molecule has 0 radical (unpaired) electrons. The molecule has 0 aliphatic carbocycles. The van der Waals surface area contributed by atoms with Crippen molar-refractivity contribution >= 4 is 28.7 Å². The van der Waals surface area contributed by atoms with Gasteiger partial charge in [-0.3, -0.25) is 4.79 Å².